The van der Waals surface area contributed by atoms with Crippen molar-refractivity contribution in [3.63, 3.8) is 0 Å². The van der Waals surface area contributed by atoms with Crippen molar-refractivity contribution >= 4 is 11.4 Å². The van der Waals surface area contributed by atoms with Gasteiger partial charge in [-0.05, 0) is 36.8 Å². The van der Waals surface area contributed by atoms with E-state index in [1.807, 2.05) is 6.07 Å². The highest BCUT2D eigenvalue weighted by Crippen LogP contribution is 2.27. The van der Waals surface area contributed by atoms with Gasteiger partial charge in [0.2, 0.25) is 0 Å². The van der Waals surface area contributed by atoms with Crippen molar-refractivity contribution in [3.8, 4) is 0 Å². The molecule has 112 valence electrons. The smallest absolute Gasteiger partial charge is 0.0664 e. The highest BCUT2D eigenvalue weighted by atomic mass is 15.2. The maximum atomic E-state index is 6.06. The topological polar surface area (TPSA) is 32.5 Å². The van der Waals surface area contributed by atoms with Crippen LogP contribution in [0.25, 0.3) is 0 Å². The number of benzene rings is 2. The predicted octanol–water partition coefficient (Wildman–Crippen LogP) is 3.28. The van der Waals surface area contributed by atoms with Crippen LogP contribution in [0.15, 0.2) is 54.6 Å². The van der Waals surface area contributed by atoms with Crippen molar-refractivity contribution < 1.29 is 0 Å². The first-order valence-electron chi connectivity index (χ1n) is 7.46. The van der Waals surface area contributed by atoms with E-state index in [0.29, 0.717) is 6.54 Å². The van der Waals surface area contributed by atoms with E-state index in [9.17, 15) is 0 Å². The summed E-state index contributed by atoms with van der Waals surface area (Å²) in [6.45, 7) is 3.70. The van der Waals surface area contributed by atoms with Gasteiger partial charge in [-0.15, -0.1) is 0 Å². The minimum Gasteiger partial charge on any atom is -0.378 e. The fourth-order valence-electron chi connectivity index (χ4n) is 2.64. The zero-order chi connectivity index (χ0) is 15.2. The van der Waals surface area contributed by atoms with Gasteiger partial charge in [0.25, 0.3) is 0 Å². The molecule has 0 saturated carbocycles. The van der Waals surface area contributed by atoms with Gasteiger partial charge in [-0.25, -0.2) is 0 Å². The van der Waals surface area contributed by atoms with Crippen LogP contribution in [0.1, 0.15) is 18.5 Å². The normalized spacial score (nSPS) is 12.0. The molecule has 2 aromatic rings. The van der Waals surface area contributed by atoms with Crippen molar-refractivity contribution in [1.82, 2.24) is 0 Å². The largest absolute Gasteiger partial charge is 0.378 e. The van der Waals surface area contributed by atoms with Crippen LogP contribution in [0.5, 0.6) is 0 Å². The average molecular weight is 283 g/mol. The van der Waals surface area contributed by atoms with Crippen LogP contribution in [0.2, 0.25) is 0 Å². The number of likely N-dealkylation sites (N-methyl/N-ethyl adjacent to an activating group) is 1. The minimum atomic E-state index is 0.202. The molecule has 2 aromatic carbocycles. The van der Waals surface area contributed by atoms with E-state index >= 15 is 0 Å². The van der Waals surface area contributed by atoms with Gasteiger partial charge in [0.05, 0.1) is 6.04 Å². The first-order valence-corrected chi connectivity index (χ1v) is 7.46. The number of para-hydroxylation sites is 1. The summed E-state index contributed by atoms with van der Waals surface area (Å²) in [6, 6.07) is 19.3. The van der Waals surface area contributed by atoms with Crippen molar-refractivity contribution in [3.05, 3.63) is 60.2 Å². The maximum absolute atomic E-state index is 6.06. The summed E-state index contributed by atoms with van der Waals surface area (Å²) in [7, 11) is 4.11. The van der Waals surface area contributed by atoms with E-state index in [1.54, 1.807) is 0 Å². The Morgan fingerprint density at radius 3 is 2.00 bits per heavy atom. The summed E-state index contributed by atoms with van der Waals surface area (Å²) in [5.74, 6) is 0. The molecule has 2 rings (SSSR count). The molecule has 21 heavy (non-hydrogen) atoms. The molecule has 0 bridgehead atoms. The molecule has 0 aliphatic rings. The highest BCUT2D eigenvalue weighted by molar-refractivity contribution is 5.51. The second-order valence-electron chi connectivity index (χ2n) is 5.36. The summed E-state index contributed by atoms with van der Waals surface area (Å²) < 4.78 is 0. The fraction of sp³-hybridized carbons (Fsp3) is 0.333. The fourth-order valence-corrected chi connectivity index (χ4v) is 2.64. The van der Waals surface area contributed by atoms with E-state index in [-0.39, 0.29) is 6.04 Å². The third-order valence-corrected chi connectivity index (χ3v) is 3.82. The second-order valence-corrected chi connectivity index (χ2v) is 5.36. The van der Waals surface area contributed by atoms with Crippen molar-refractivity contribution in [1.29, 1.82) is 0 Å². The number of nitrogens with two attached hydrogens (primary N) is 1. The molecule has 3 nitrogen and oxygen atoms in total. The van der Waals surface area contributed by atoms with Gasteiger partial charge < -0.3 is 15.5 Å². The molecule has 0 spiro atoms. The van der Waals surface area contributed by atoms with Crippen LogP contribution in [0.3, 0.4) is 0 Å². The minimum absolute atomic E-state index is 0.202. The van der Waals surface area contributed by atoms with Crippen LogP contribution >= 0.6 is 0 Å². The number of rotatable bonds is 6. The number of hydrogen-bond donors (Lipinski definition) is 1. The molecule has 0 aromatic heterocycles. The Morgan fingerprint density at radius 1 is 0.905 bits per heavy atom. The van der Waals surface area contributed by atoms with E-state index < -0.39 is 0 Å². The summed E-state index contributed by atoms with van der Waals surface area (Å²) in [4.78, 5) is 4.46. The second kappa shape index (κ2) is 7.14. The van der Waals surface area contributed by atoms with E-state index in [4.69, 9.17) is 5.73 Å². The summed E-state index contributed by atoms with van der Waals surface area (Å²) in [6.07, 6.45) is 0. The third kappa shape index (κ3) is 3.56. The molecule has 1 unspecified atom stereocenters. The van der Waals surface area contributed by atoms with E-state index in [2.05, 4.69) is 79.3 Å². The Labute approximate surface area is 128 Å². The SMILES string of the molecule is CCN(c1ccccc1)C(CN)c1ccc(N(C)C)cc1. The Bertz CT molecular complexity index is 534. The molecule has 0 aliphatic carbocycles. The zero-order valence-electron chi connectivity index (χ0n) is 13.2. The van der Waals surface area contributed by atoms with Crippen molar-refractivity contribution in [2.75, 3.05) is 37.0 Å². The predicted molar refractivity (Wildman–Crippen MR) is 92.0 cm³/mol. The van der Waals surface area contributed by atoms with Crippen LogP contribution < -0.4 is 15.5 Å². The van der Waals surface area contributed by atoms with Crippen LogP contribution in [0.4, 0.5) is 11.4 Å². The molecular formula is C18H25N3. The molecule has 0 saturated heterocycles. The first-order chi connectivity index (χ1) is 10.2. The average Bonchev–Trinajstić information content (AvgIpc) is 2.53. The van der Waals surface area contributed by atoms with Gasteiger partial charge in [-0.3, -0.25) is 0 Å². The quantitative estimate of drug-likeness (QED) is 0.883. The molecule has 1 atom stereocenters. The van der Waals surface area contributed by atoms with Gasteiger partial charge in [-0.2, -0.15) is 0 Å². The van der Waals surface area contributed by atoms with Crippen molar-refractivity contribution in [2.24, 2.45) is 5.73 Å². The van der Waals surface area contributed by atoms with Gasteiger partial charge in [0.15, 0.2) is 0 Å². The van der Waals surface area contributed by atoms with Gasteiger partial charge in [-0.1, -0.05) is 30.3 Å². The highest BCUT2D eigenvalue weighted by Gasteiger charge is 2.18. The molecule has 2 N–H and O–H groups in total. The first kappa shape index (κ1) is 15.4. The molecule has 0 heterocycles. The summed E-state index contributed by atoms with van der Waals surface area (Å²) in [5.41, 5.74) is 9.74. The van der Waals surface area contributed by atoms with Gasteiger partial charge >= 0.3 is 0 Å². The molecule has 3 heteroatoms. The molecular weight excluding hydrogens is 258 g/mol. The Hall–Kier alpha value is -2.00. The standard InChI is InChI=1S/C18H25N3/c1-4-21(17-8-6-5-7-9-17)18(14-19)15-10-12-16(13-11-15)20(2)3/h5-13,18H,4,14,19H2,1-3H3. The Balaban J connectivity index is 2.29. The summed E-state index contributed by atoms with van der Waals surface area (Å²) in [5, 5.41) is 0. The van der Waals surface area contributed by atoms with Gasteiger partial charge in [0.1, 0.15) is 0 Å². The monoisotopic (exact) mass is 283 g/mol. The van der Waals surface area contributed by atoms with Crippen LogP contribution in [-0.4, -0.2) is 27.2 Å². The zero-order valence-corrected chi connectivity index (χ0v) is 13.2. The van der Waals surface area contributed by atoms with Gasteiger partial charge in [0, 0.05) is 38.6 Å². The lowest BCUT2D eigenvalue weighted by molar-refractivity contribution is 0.643. The van der Waals surface area contributed by atoms with E-state index in [0.717, 1.165) is 6.54 Å². The summed E-state index contributed by atoms with van der Waals surface area (Å²) >= 11 is 0. The molecule has 0 radical (unpaired) electrons. The number of hydrogen-bond acceptors (Lipinski definition) is 3. The molecule has 0 amide bonds. The Morgan fingerprint density at radius 2 is 1.52 bits per heavy atom. The lowest BCUT2D eigenvalue weighted by Gasteiger charge is -2.32. The van der Waals surface area contributed by atoms with E-state index in [1.165, 1.54) is 16.9 Å². The maximum Gasteiger partial charge on any atom is 0.0664 e. The third-order valence-electron chi connectivity index (χ3n) is 3.82. The van der Waals surface area contributed by atoms with Crippen LogP contribution in [0, 0.1) is 0 Å². The Kier molecular flexibility index (Phi) is 5.23. The number of nitrogens with zero attached hydrogens (tertiary/aromatic N) is 2. The van der Waals surface area contributed by atoms with Crippen LogP contribution in [-0.2, 0) is 0 Å². The van der Waals surface area contributed by atoms with Crippen molar-refractivity contribution in [2.45, 2.75) is 13.0 Å². The molecule has 0 aliphatic heterocycles. The lowest BCUT2D eigenvalue weighted by Crippen LogP contribution is -2.33. The lowest BCUT2D eigenvalue weighted by atomic mass is 10.0. The number of anilines is 2. The molecule has 0 fully saturated rings.